The molecule has 3 N–H and O–H groups in total. The maximum Gasteiger partial charge on any atom is 0.239 e. The quantitative estimate of drug-likeness (QED) is 0.715. The number of rotatable bonds is 7. The number of amides is 2. The molecule has 0 aliphatic rings. The molecule has 0 aliphatic heterocycles. The van der Waals surface area contributed by atoms with Crippen LogP contribution in [0.15, 0.2) is 24.3 Å². The molecule has 20 heavy (non-hydrogen) atoms. The zero-order chi connectivity index (χ0) is 15.0. The summed E-state index contributed by atoms with van der Waals surface area (Å²) in [6.45, 7) is 6.60. The van der Waals surface area contributed by atoms with E-state index in [1.54, 1.807) is 0 Å². The van der Waals surface area contributed by atoms with Crippen molar-refractivity contribution in [3.05, 3.63) is 24.3 Å². The first-order valence-electron chi connectivity index (χ1n) is 6.94. The normalized spacial score (nSPS) is 10.2. The molecule has 5 nitrogen and oxygen atoms in total. The second-order valence-electron chi connectivity index (χ2n) is 4.93. The number of nitrogens with one attached hydrogen (secondary N) is 3. The fourth-order valence-corrected chi connectivity index (χ4v) is 1.50. The van der Waals surface area contributed by atoms with E-state index in [1.165, 1.54) is 0 Å². The Bertz CT molecular complexity index is 458. The summed E-state index contributed by atoms with van der Waals surface area (Å²) >= 11 is 0. The molecule has 0 spiro atoms. The zero-order valence-corrected chi connectivity index (χ0v) is 12.3. The van der Waals surface area contributed by atoms with Crippen LogP contribution in [0.25, 0.3) is 0 Å². The van der Waals surface area contributed by atoms with Crippen LogP contribution in [0.4, 0.5) is 11.4 Å². The van der Waals surface area contributed by atoms with Gasteiger partial charge in [-0.05, 0) is 24.6 Å². The molecule has 0 fully saturated rings. The van der Waals surface area contributed by atoms with Gasteiger partial charge in [0.25, 0.3) is 0 Å². The van der Waals surface area contributed by atoms with Crippen LogP contribution in [0.2, 0.25) is 0 Å². The minimum Gasteiger partial charge on any atom is -0.376 e. The van der Waals surface area contributed by atoms with E-state index >= 15 is 0 Å². The molecule has 1 rings (SSSR count). The average molecular weight is 277 g/mol. The van der Waals surface area contributed by atoms with Crippen LogP contribution in [-0.2, 0) is 9.59 Å². The van der Waals surface area contributed by atoms with Gasteiger partial charge in [-0.1, -0.05) is 26.8 Å². The Hall–Kier alpha value is -2.04. The lowest BCUT2D eigenvalue weighted by molar-refractivity contribution is -0.120. The molecule has 0 saturated heterocycles. The van der Waals surface area contributed by atoms with E-state index in [-0.39, 0.29) is 24.3 Å². The summed E-state index contributed by atoms with van der Waals surface area (Å²) in [6, 6.07) is 7.33. The van der Waals surface area contributed by atoms with Gasteiger partial charge in [0, 0.05) is 23.8 Å². The van der Waals surface area contributed by atoms with Crippen molar-refractivity contribution in [2.45, 2.75) is 27.2 Å². The Kier molecular flexibility index (Phi) is 6.56. The molecule has 0 heterocycles. The average Bonchev–Trinajstić information content (AvgIpc) is 2.43. The summed E-state index contributed by atoms with van der Waals surface area (Å²) < 4.78 is 0. The number of hydrogen-bond donors (Lipinski definition) is 3. The molecule has 0 aromatic heterocycles. The molecular weight excluding hydrogens is 254 g/mol. The second kappa shape index (κ2) is 8.19. The third-order valence-electron chi connectivity index (χ3n) is 2.68. The van der Waals surface area contributed by atoms with Gasteiger partial charge in [0.15, 0.2) is 0 Å². The Labute approximate surface area is 120 Å². The van der Waals surface area contributed by atoms with Gasteiger partial charge in [0.05, 0.1) is 6.54 Å². The second-order valence-corrected chi connectivity index (χ2v) is 4.93. The summed E-state index contributed by atoms with van der Waals surface area (Å²) in [5, 5.41) is 8.65. The standard InChI is InChI=1S/C15H23N3O2/c1-4-8-16-14(19)10-17-12-6-5-7-13(9-12)18-15(20)11(2)3/h5-7,9,11,17H,4,8,10H2,1-3H3,(H,16,19)(H,18,20). The first kappa shape index (κ1) is 16.0. The highest BCUT2D eigenvalue weighted by atomic mass is 16.2. The van der Waals surface area contributed by atoms with Crippen molar-refractivity contribution in [2.24, 2.45) is 5.92 Å². The summed E-state index contributed by atoms with van der Waals surface area (Å²) in [7, 11) is 0. The maximum absolute atomic E-state index is 11.6. The molecule has 0 atom stereocenters. The molecule has 110 valence electrons. The summed E-state index contributed by atoms with van der Waals surface area (Å²) in [6.07, 6.45) is 0.919. The first-order valence-corrected chi connectivity index (χ1v) is 6.94. The SMILES string of the molecule is CCCNC(=O)CNc1cccc(NC(=O)C(C)C)c1. The molecule has 0 unspecified atom stereocenters. The Morgan fingerprint density at radius 1 is 1.20 bits per heavy atom. The molecule has 1 aromatic rings. The largest absolute Gasteiger partial charge is 0.376 e. The van der Waals surface area contributed by atoms with Crippen molar-refractivity contribution in [3.63, 3.8) is 0 Å². The fraction of sp³-hybridized carbons (Fsp3) is 0.467. The minimum absolute atomic E-state index is 0.0251. The van der Waals surface area contributed by atoms with E-state index in [2.05, 4.69) is 16.0 Å². The van der Waals surface area contributed by atoms with Crippen LogP contribution in [0.3, 0.4) is 0 Å². The Morgan fingerprint density at radius 2 is 1.90 bits per heavy atom. The van der Waals surface area contributed by atoms with Crippen LogP contribution < -0.4 is 16.0 Å². The lowest BCUT2D eigenvalue weighted by Crippen LogP contribution is -2.30. The summed E-state index contributed by atoms with van der Waals surface area (Å²) in [4.78, 5) is 23.1. The molecule has 0 saturated carbocycles. The van der Waals surface area contributed by atoms with Crippen LogP contribution in [0.1, 0.15) is 27.2 Å². The third-order valence-corrected chi connectivity index (χ3v) is 2.68. The molecule has 2 amide bonds. The van der Waals surface area contributed by atoms with Gasteiger partial charge >= 0.3 is 0 Å². The summed E-state index contributed by atoms with van der Waals surface area (Å²) in [5.41, 5.74) is 1.53. The molecule has 0 radical (unpaired) electrons. The van der Waals surface area contributed by atoms with Crippen molar-refractivity contribution < 1.29 is 9.59 Å². The molecule has 0 bridgehead atoms. The minimum atomic E-state index is -0.0635. The number of carbonyl (C=O) groups is 2. The van der Waals surface area contributed by atoms with Crippen molar-refractivity contribution in [1.29, 1.82) is 0 Å². The summed E-state index contributed by atoms with van der Waals surface area (Å²) in [5.74, 6) is -0.127. The third kappa shape index (κ3) is 5.73. The van der Waals surface area contributed by atoms with E-state index in [4.69, 9.17) is 0 Å². The zero-order valence-electron chi connectivity index (χ0n) is 12.3. The van der Waals surface area contributed by atoms with Gasteiger partial charge < -0.3 is 16.0 Å². The highest BCUT2D eigenvalue weighted by Gasteiger charge is 2.07. The highest BCUT2D eigenvalue weighted by Crippen LogP contribution is 2.15. The molecule has 5 heteroatoms. The number of anilines is 2. The van der Waals surface area contributed by atoms with Crippen LogP contribution in [0, 0.1) is 5.92 Å². The molecular formula is C15H23N3O2. The maximum atomic E-state index is 11.6. The van der Waals surface area contributed by atoms with E-state index in [9.17, 15) is 9.59 Å². The van der Waals surface area contributed by atoms with Crippen molar-refractivity contribution in [2.75, 3.05) is 23.7 Å². The van der Waals surface area contributed by atoms with Gasteiger partial charge in [-0.25, -0.2) is 0 Å². The van der Waals surface area contributed by atoms with Gasteiger partial charge in [-0.15, -0.1) is 0 Å². The van der Waals surface area contributed by atoms with E-state index < -0.39 is 0 Å². The van der Waals surface area contributed by atoms with Crippen molar-refractivity contribution in [3.8, 4) is 0 Å². The predicted octanol–water partition coefficient (Wildman–Crippen LogP) is 2.22. The topological polar surface area (TPSA) is 70.2 Å². The number of benzene rings is 1. The lowest BCUT2D eigenvalue weighted by atomic mass is 10.2. The fourth-order valence-electron chi connectivity index (χ4n) is 1.50. The van der Waals surface area contributed by atoms with E-state index in [1.807, 2.05) is 45.0 Å². The highest BCUT2D eigenvalue weighted by molar-refractivity contribution is 5.92. The van der Waals surface area contributed by atoms with Gasteiger partial charge in [0.1, 0.15) is 0 Å². The van der Waals surface area contributed by atoms with Gasteiger partial charge in [-0.3, -0.25) is 9.59 Å². The number of hydrogen-bond acceptors (Lipinski definition) is 3. The van der Waals surface area contributed by atoms with Crippen LogP contribution >= 0.6 is 0 Å². The van der Waals surface area contributed by atoms with Crippen LogP contribution in [0.5, 0.6) is 0 Å². The number of carbonyl (C=O) groups excluding carboxylic acids is 2. The smallest absolute Gasteiger partial charge is 0.239 e. The monoisotopic (exact) mass is 277 g/mol. The van der Waals surface area contributed by atoms with E-state index in [0.29, 0.717) is 6.54 Å². The first-order chi connectivity index (χ1) is 9.52. The lowest BCUT2D eigenvalue weighted by Gasteiger charge is -2.11. The predicted molar refractivity (Wildman–Crippen MR) is 81.7 cm³/mol. The van der Waals surface area contributed by atoms with Crippen molar-refractivity contribution >= 4 is 23.2 Å². The van der Waals surface area contributed by atoms with Gasteiger partial charge in [0.2, 0.25) is 11.8 Å². The van der Waals surface area contributed by atoms with E-state index in [0.717, 1.165) is 17.8 Å². The Morgan fingerprint density at radius 3 is 2.55 bits per heavy atom. The van der Waals surface area contributed by atoms with Gasteiger partial charge in [-0.2, -0.15) is 0 Å². The Balaban J connectivity index is 2.51. The molecule has 1 aromatic carbocycles. The van der Waals surface area contributed by atoms with Crippen molar-refractivity contribution in [1.82, 2.24) is 5.32 Å². The van der Waals surface area contributed by atoms with Crippen LogP contribution in [-0.4, -0.2) is 24.9 Å². The molecule has 0 aliphatic carbocycles.